The molecule has 0 radical (unpaired) electrons. The van der Waals surface area contributed by atoms with E-state index < -0.39 is 0 Å². The predicted octanol–water partition coefficient (Wildman–Crippen LogP) is 4.25. The van der Waals surface area contributed by atoms with E-state index in [2.05, 4.69) is 92.3 Å². The summed E-state index contributed by atoms with van der Waals surface area (Å²) >= 11 is 0. The average molecular weight is 391 g/mol. The monoisotopic (exact) mass is 391 g/mol. The van der Waals surface area contributed by atoms with Crippen LogP contribution >= 0.6 is 0 Å². The summed E-state index contributed by atoms with van der Waals surface area (Å²) in [6.07, 6.45) is 3.95. The smallest absolute Gasteiger partial charge is 0.111 e. The van der Waals surface area contributed by atoms with Crippen molar-refractivity contribution < 1.29 is 0 Å². The van der Waals surface area contributed by atoms with Crippen LogP contribution < -0.4 is 5.32 Å². The lowest BCUT2D eigenvalue weighted by atomic mass is 9.50. The van der Waals surface area contributed by atoms with Crippen molar-refractivity contribution >= 4 is 7.85 Å². The molecule has 2 heterocycles. The molecule has 28 heavy (non-hydrogen) atoms. The second-order valence-electron chi connectivity index (χ2n) is 12.6. The van der Waals surface area contributed by atoms with Crippen molar-refractivity contribution in [3.05, 3.63) is 0 Å². The number of hydrogen-bond donors (Lipinski definition) is 1. The SMILES string of the molecule is BC1(C)CC2(CN(C)CN(C(C)(C)C)C1C)C(C)CC(C)CNC(C)CC2C. The number of nitrogens with one attached hydrogen (secondary N) is 1. The van der Waals surface area contributed by atoms with Crippen LogP contribution in [-0.2, 0) is 0 Å². The molecule has 4 heteroatoms. The summed E-state index contributed by atoms with van der Waals surface area (Å²) in [5.41, 5.74) is 0.572. The van der Waals surface area contributed by atoms with Crippen molar-refractivity contribution in [2.45, 2.75) is 105 Å². The molecule has 0 aromatic carbocycles. The van der Waals surface area contributed by atoms with E-state index in [0.717, 1.165) is 24.4 Å². The second kappa shape index (κ2) is 8.59. The van der Waals surface area contributed by atoms with E-state index in [1.165, 1.54) is 32.4 Å². The standard InChI is InChI=1S/C24H50BN3/c1-17-11-18(2)24(19(3)12-20(4)26-13-17)14-23(9,25)21(5)28(22(6,7)8)16-27(10)15-24/h17-21,26H,11-16,25H2,1-10H3. The minimum absolute atomic E-state index is 0.193. The first-order valence-corrected chi connectivity index (χ1v) is 11.9. The Bertz CT molecular complexity index is 494. The first-order valence-electron chi connectivity index (χ1n) is 11.9. The fourth-order valence-corrected chi connectivity index (χ4v) is 6.52. The molecule has 0 saturated carbocycles. The van der Waals surface area contributed by atoms with Crippen LogP contribution in [-0.4, -0.2) is 62.1 Å². The summed E-state index contributed by atoms with van der Waals surface area (Å²) in [7, 11) is 4.91. The quantitative estimate of drug-likeness (QED) is 0.623. The van der Waals surface area contributed by atoms with Gasteiger partial charge in [-0.2, -0.15) is 0 Å². The van der Waals surface area contributed by atoms with E-state index >= 15 is 0 Å². The van der Waals surface area contributed by atoms with Gasteiger partial charge in [0.15, 0.2) is 0 Å². The van der Waals surface area contributed by atoms with E-state index in [4.69, 9.17) is 0 Å². The van der Waals surface area contributed by atoms with Gasteiger partial charge in [-0.1, -0.05) is 27.7 Å². The topological polar surface area (TPSA) is 18.5 Å². The van der Waals surface area contributed by atoms with Gasteiger partial charge in [0.2, 0.25) is 0 Å². The zero-order valence-electron chi connectivity index (χ0n) is 21.0. The van der Waals surface area contributed by atoms with Crippen LogP contribution in [0.25, 0.3) is 0 Å². The van der Waals surface area contributed by atoms with Crippen molar-refractivity contribution in [1.29, 1.82) is 0 Å². The summed E-state index contributed by atoms with van der Waals surface area (Å²) in [4.78, 5) is 5.38. The van der Waals surface area contributed by atoms with Gasteiger partial charge in [0.05, 0.1) is 6.67 Å². The summed E-state index contributed by atoms with van der Waals surface area (Å²) in [6.45, 7) is 25.6. The Morgan fingerprint density at radius 1 is 1.00 bits per heavy atom. The van der Waals surface area contributed by atoms with Crippen LogP contribution in [0.4, 0.5) is 0 Å². The van der Waals surface area contributed by atoms with Crippen molar-refractivity contribution in [2.24, 2.45) is 23.2 Å². The van der Waals surface area contributed by atoms with Gasteiger partial charge in [0.25, 0.3) is 0 Å². The Kier molecular flexibility index (Phi) is 7.43. The van der Waals surface area contributed by atoms with E-state index in [9.17, 15) is 0 Å². The molecular weight excluding hydrogens is 341 g/mol. The lowest BCUT2D eigenvalue weighted by molar-refractivity contribution is -0.0674. The molecule has 0 bridgehead atoms. The lowest BCUT2D eigenvalue weighted by Gasteiger charge is -2.58. The molecule has 164 valence electrons. The van der Waals surface area contributed by atoms with Crippen LogP contribution in [0, 0.1) is 23.2 Å². The molecule has 2 saturated heterocycles. The van der Waals surface area contributed by atoms with Gasteiger partial charge in [-0.15, -0.1) is 0 Å². The Morgan fingerprint density at radius 3 is 2.14 bits per heavy atom. The summed E-state index contributed by atoms with van der Waals surface area (Å²) < 4.78 is 0. The molecule has 7 atom stereocenters. The van der Waals surface area contributed by atoms with Crippen molar-refractivity contribution in [3.63, 3.8) is 0 Å². The van der Waals surface area contributed by atoms with Crippen LogP contribution in [0.5, 0.6) is 0 Å². The Balaban J connectivity index is 2.48. The Hall–Kier alpha value is -0.0551. The van der Waals surface area contributed by atoms with Gasteiger partial charge >= 0.3 is 0 Å². The molecule has 0 aliphatic carbocycles. The maximum atomic E-state index is 3.82. The normalized spacial score (nSPS) is 45.7. The van der Waals surface area contributed by atoms with Crippen molar-refractivity contribution in [1.82, 2.24) is 15.1 Å². The first-order chi connectivity index (χ1) is 12.7. The van der Waals surface area contributed by atoms with E-state index in [-0.39, 0.29) is 5.54 Å². The van der Waals surface area contributed by atoms with Crippen molar-refractivity contribution in [3.8, 4) is 0 Å². The second-order valence-corrected chi connectivity index (χ2v) is 12.6. The van der Waals surface area contributed by atoms with Gasteiger partial charge in [-0.25, -0.2) is 0 Å². The van der Waals surface area contributed by atoms with Gasteiger partial charge in [0, 0.05) is 24.2 Å². The van der Waals surface area contributed by atoms with Crippen LogP contribution in [0.15, 0.2) is 0 Å². The van der Waals surface area contributed by atoms with E-state index in [0.29, 0.717) is 22.8 Å². The Labute approximate surface area is 177 Å². The minimum Gasteiger partial charge on any atom is -0.314 e. The maximum Gasteiger partial charge on any atom is 0.111 e. The third-order valence-electron chi connectivity index (χ3n) is 8.44. The lowest BCUT2D eigenvalue weighted by Crippen LogP contribution is -2.60. The number of nitrogens with zero attached hydrogens (tertiary/aromatic N) is 2. The third-order valence-corrected chi connectivity index (χ3v) is 8.44. The largest absolute Gasteiger partial charge is 0.314 e. The highest BCUT2D eigenvalue weighted by Gasteiger charge is 2.50. The van der Waals surface area contributed by atoms with Crippen LogP contribution in [0.1, 0.15) is 81.6 Å². The Morgan fingerprint density at radius 2 is 1.57 bits per heavy atom. The van der Waals surface area contributed by atoms with Crippen LogP contribution in [0.3, 0.4) is 0 Å². The highest BCUT2D eigenvalue weighted by Crippen LogP contribution is 2.54. The molecule has 2 aliphatic rings. The molecule has 1 N–H and O–H groups in total. The van der Waals surface area contributed by atoms with Crippen LogP contribution in [0.2, 0.25) is 5.31 Å². The predicted molar refractivity (Wildman–Crippen MR) is 127 cm³/mol. The summed E-state index contributed by atoms with van der Waals surface area (Å²) in [5.74, 6) is 2.23. The van der Waals surface area contributed by atoms with Gasteiger partial charge in [0.1, 0.15) is 7.85 Å². The fraction of sp³-hybridized carbons (Fsp3) is 1.00. The zero-order valence-corrected chi connectivity index (χ0v) is 21.0. The third kappa shape index (κ3) is 5.16. The molecule has 3 nitrogen and oxygen atoms in total. The number of hydrogen-bond acceptors (Lipinski definition) is 3. The molecular formula is C24H50BN3. The molecule has 2 fully saturated rings. The van der Waals surface area contributed by atoms with E-state index in [1.54, 1.807) is 0 Å². The first kappa shape index (κ1) is 24.2. The van der Waals surface area contributed by atoms with E-state index in [1.807, 2.05) is 0 Å². The molecule has 7 unspecified atom stereocenters. The summed E-state index contributed by atoms with van der Waals surface area (Å²) in [5, 5.41) is 4.12. The fourth-order valence-electron chi connectivity index (χ4n) is 6.52. The maximum absolute atomic E-state index is 3.82. The van der Waals surface area contributed by atoms with Gasteiger partial charge in [-0.3, -0.25) is 9.80 Å². The molecule has 1 spiro atoms. The van der Waals surface area contributed by atoms with Gasteiger partial charge < -0.3 is 5.32 Å². The minimum atomic E-state index is 0.193. The molecule has 0 aromatic rings. The van der Waals surface area contributed by atoms with Gasteiger partial charge in [-0.05, 0) is 96.0 Å². The molecule has 2 aliphatic heterocycles. The summed E-state index contributed by atoms with van der Waals surface area (Å²) in [6, 6.07) is 1.18. The molecule has 0 aromatic heterocycles. The zero-order chi connectivity index (χ0) is 21.5. The number of rotatable bonds is 0. The highest BCUT2D eigenvalue weighted by molar-refractivity contribution is 6.15. The molecule has 0 amide bonds. The van der Waals surface area contributed by atoms with Crippen molar-refractivity contribution in [2.75, 3.05) is 26.8 Å². The highest BCUT2D eigenvalue weighted by atomic mass is 15.3. The average Bonchev–Trinajstić information content (AvgIpc) is 2.56. The molecule has 2 rings (SSSR count).